The zero-order valence-electron chi connectivity index (χ0n) is 5.02. The number of oxazole rings is 1. The minimum absolute atomic E-state index is 0.314. The first-order valence-electron chi connectivity index (χ1n) is 2.79. The summed E-state index contributed by atoms with van der Waals surface area (Å²) in [6.45, 7) is 0. The van der Waals surface area contributed by atoms with Gasteiger partial charge in [0.15, 0.2) is 0 Å². The highest BCUT2D eigenvalue weighted by molar-refractivity contribution is 5.30. The van der Waals surface area contributed by atoms with Crippen molar-refractivity contribution in [1.82, 2.24) is 9.38 Å². The summed E-state index contributed by atoms with van der Waals surface area (Å²) in [5, 5.41) is 0. The number of nitrogens with zero attached hydrogens (tertiary/aromatic N) is 2. The van der Waals surface area contributed by atoms with Gasteiger partial charge in [0.2, 0.25) is 5.71 Å². The Balaban J connectivity index is 3.09. The average Bonchev–Trinajstić information content (AvgIpc) is 2.36. The van der Waals surface area contributed by atoms with Crippen molar-refractivity contribution in [1.29, 1.82) is 0 Å². The van der Waals surface area contributed by atoms with E-state index in [4.69, 9.17) is 4.42 Å². The lowest BCUT2D eigenvalue weighted by molar-refractivity contribution is 0.604. The molecule has 2 heterocycles. The second-order valence-electron chi connectivity index (χ2n) is 1.84. The second kappa shape index (κ2) is 1.70. The van der Waals surface area contributed by atoms with Crippen LogP contribution in [0, 0.1) is 0 Å². The average molecular weight is 136 g/mol. The molecule has 0 aliphatic rings. The second-order valence-corrected chi connectivity index (χ2v) is 1.84. The van der Waals surface area contributed by atoms with Crippen molar-refractivity contribution in [3.63, 3.8) is 0 Å². The SMILES string of the molecule is O=c1nccc2occn12. The number of aromatic nitrogens is 2. The van der Waals surface area contributed by atoms with E-state index in [0.29, 0.717) is 5.71 Å². The Bertz CT molecular complexity index is 401. The topological polar surface area (TPSA) is 47.5 Å². The predicted octanol–water partition coefficient (Wildman–Crippen LogP) is 0.287. The van der Waals surface area contributed by atoms with Gasteiger partial charge in [-0.3, -0.25) is 0 Å². The molecular formula is C6H4N2O2. The van der Waals surface area contributed by atoms with Gasteiger partial charge in [-0.05, 0) is 0 Å². The third kappa shape index (κ3) is 0.556. The van der Waals surface area contributed by atoms with E-state index in [1.54, 1.807) is 6.07 Å². The zero-order valence-corrected chi connectivity index (χ0v) is 5.02. The van der Waals surface area contributed by atoms with Gasteiger partial charge in [0.25, 0.3) is 0 Å². The van der Waals surface area contributed by atoms with Gasteiger partial charge in [-0.15, -0.1) is 0 Å². The van der Waals surface area contributed by atoms with Crippen LogP contribution in [0.1, 0.15) is 0 Å². The van der Waals surface area contributed by atoms with E-state index in [-0.39, 0.29) is 5.69 Å². The molecule has 0 aromatic carbocycles. The lowest BCUT2D eigenvalue weighted by Crippen LogP contribution is -2.13. The summed E-state index contributed by atoms with van der Waals surface area (Å²) in [6.07, 6.45) is 4.39. The first kappa shape index (κ1) is 5.22. The van der Waals surface area contributed by atoms with Crippen LogP contribution in [0.4, 0.5) is 0 Å². The minimum atomic E-state index is -0.314. The van der Waals surface area contributed by atoms with Crippen LogP contribution in [-0.4, -0.2) is 9.38 Å². The van der Waals surface area contributed by atoms with Crippen molar-refractivity contribution in [2.45, 2.75) is 0 Å². The van der Waals surface area contributed by atoms with Crippen molar-refractivity contribution in [2.24, 2.45) is 0 Å². The maximum absolute atomic E-state index is 10.8. The van der Waals surface area contributed by atoms with Crippen molar-refractivity contribution in [2.75, 3.05) is 0 Å². The van der Waals surface area contributed by atoms with Crippen LogP contribution in [-0.2, 0) is 0 Å². The summed E-state index contributed by atoms with van der Waals surface area (Å²) in [7, 11) is 0. The fourth-order valence-corrected chi connectivity index (χ4v) is 0.796. The Morgan fingerprint density at radius 3 is 3.30 bits per heavy atom. The van der Waals surface area contributed by atoms with E-state index in [2.05, 4.69) is 4.98 Å². The number of fused-ring (bicyclic) bond motifs is 1. The van der Waals surface area contributed by atoms with Crippen molar-refractivity contribution in [3.8, 4) is 0 Å². The number of hydrogen-bond acceptors (Lipinski definition) is 3. The molecule has 0 saturated heterocycles. The van der Waals surface area contributed by atoms with Crippen LogP contribution >= 0.6 is 0 Å². The van der Waals surface area contributed by atoms with Gasteiger partial charge >= 0.3 is 5.69 Å². The zero-order chi connectivity index (χ0) is 6.97. The molecule has 0 bridgehead atoms. The molecule has 0 radical (unpaired) electrons. The molecular weight excluding hydrogens is 132 g/mol. The van der Waals surface area contributed by atoms with Gasteiger partial charge in [-0.1, -0.05) is 0 Å². The Morgan fingerprint density at radius 1 is 1.60 bits per heavy atom. The molecule has 0 aliphatic carbocycles. The van der Waals surface area contributed by atoms with Gasteiger partial charge in [-0.25, -0.2) is 14.2 Å². The molecule has 2 aromatic heterocycles. The standard InChI is InChI=1S/C6H4N2O2/c9-6-7-2-1-5-8(6)3-4-10-5/h1-4H. The van der Waals surface area contributed by atoms with Gasteiger partial charge in [0.05, 0.1) is 6.20 Å². The molecule has 2 rings (SSSR count). The summed E-state index contributed by atoms with van der Waals surface area (Å²) in [4.78, 5) is 14.4. The molecule has 0 atom stereocenters. The minimum Gasteiger partial charge on any atom is -0.446 e. The lowest BCUT2D eigenvalue weighted by atomic mass is 10.6. The number of hydrogen-bond donors (Lipinski definition) is 0. The van der Waals surface area contributed by atoms with E-state index < -0.39 is 0 Å². The Kier molecular flexibility index (Phi) is 0.887. The van der Waals surface area contributed by atoms with Gasteiger partial charge < -0.3 is 4.42 Å². The molecule has 0 fully saturated rings. The van der Waals surface area contributed by atoms with Crippen LogP contribution in [0.2, 0.25) is 0 Å². The maximum Gasteiger partial charge on any atom is 0.354 e. The van der Waals surface area contributed by atoms with Crippen LogP contribution in [0.5, 0.6) is 0 Å². The van der Waals surface area contributed by atoms with Crippen molar-refractivity contribution in [3.05, 3.63) is 35.2 Å². The lowest BCUT2D eigenvalue weighted by Gasteiger charge is -1.84. The monoisotopic (exact) mass is 136 g/mol. The van der Waals surface area contributed by atoms with Crippen LogP contribution < -0.4 is 5.69 Å². The fourth-order valence-electron chi connectivity index (χ4n) is 0.796. The molecule has 0 unspecified atom stereocenters. The van der Waals surface area contributed by atoms with Crippen LogP contribution in [0.3, 0.4) is 0 Å². The van der Waals surface area contributed by atoms with Gasteiger partial charge in [0.1, 0.15) is 6.26 Å². The van der Waals surface area contributed by atoms with Gasteiger partial charge in [-0.2, -0.15) is 0 Å². The first-order chi connectivity index (χ1) is 4.88. The molecule has 0 N–H and O–H groups in total. The first-order valence-corrected chi connectivity index (χ1v) is 2.79. The summed E-state index contributed by atoms with van der Waals surface area (Å²) in [6, 6.07) is 1.63. The molecule has 50 valence electrons. The van der Waals surface area contributed by atoms with E-state index in [1.165, 1.54) is 23.1 Å². The quantitative estimate of drug-likeness (QED) is 0.522. The Labute approximate surface area is 55.7 Å². The van der Waals surface area contributed by atoms with Crippen LogP contribution in [0.15, 0.2) is 33.9 Å². The van der Waals surface area contributed by atoms with E-state index in [9.17, 15) is 4.79 Å². The molecule has 2 aromatic rings. The Morgan fingerprint density at radius 2 is 2.50 bits per heavy atom. The molecule has 4 nitrogen and oxygen atoms in total. The summed E-state index contributed by atoms with van der Waals surface area (Å²) >= 11 is 0. The summed E-state index contributed by atoms with van der Waals surface area (Å²) < 4.78 is 6.26. The van der Waals surface area contributed by atoms with Crippen LogP contribution in [0.25, 0.3) is 5.71 Å². The largest absolute Gasteiger partial charge is 0.446 e. The summed E-state index contributed by atoms with van der Waals surface area (Å²) in [5.41, 5.74) is 0.200. The summed E-state index contributed by atoms with van der Waals surface area (Å²) in [5.74, 6) is 0. The number of rotatable bonds is 0. The van der Waals surface area contributed by atoms with Gasteiger partial charge in [0, 0.05) is 12.3 Å². The normalized spacial score (nSPS) is 10.4. The molecule has 0 amide bonds. The fraction of sp³-hybridized carbons (Fsp3) is 0. The van der Waals surface area contributed by atoms with E-state index in [0.717, 1.165) is 0 Å². The smallest absolute Gasteiger partial charge is 0.354 e. The highest BCUT2D eigenvalue weighted by atomic mass is 16.3. The maximum atomic E-state index is 10.8. The molecule has 0 spiro atoms. The molecule has 0 saturated carbocycles. The van der Waals surface area contributed by atoms with E-state index in [1.807, 2.05) is 0 Å². The van der Waals surface area contributed by atoms with Crippen molar-refractivity contribution >= 4 is 5.71 Å². The molecule has 0 aliphatic heterocycles. The van der Waals surface area contributed by atoms with E-state index >= 15 is 0 Å². The molecule has 10 heavy (non-hydrogen) atoms. The molecule has 4 heteroatoms. The highest BCUT2D eigenvalue weighted by Gasteiger charge is 1.94. The Hall–Kier alpha value is -1.58. The highest BCUT2D eigenvalue weighted by Crippen LogP contribution is 1.96. The predicted molar refractivity (Wildman–Crippen MR) is 33.7 cm³/mol. The third-order valence-corrected chi connectivity index (χ3v) is 1.24. The van der Waals surface area contributed by atoms with Crippen molar-refractivity contribution < 1.29 is 4.42 Å². The third-order valence-electron chi connectivity index (χ3n) is 1.24.